The van der Waals surface area contributed by atoms with E-state index in [2.05, 4.69) is 43.2 Å². The van der Waals surface area contributed by atoms with E-state index in [1.54, 1.807) is 0 Å². The number of halogens is 3. The molecule has 0 aromatic heterocycles. The maximum Gasteiger partial charge on any atom is 0.257 e. The van der Waals surface area contributed by atoms with Gasteiger partial charge in [-0.2, -0.15) is 13.5 Å². The maximum absolute atomic E-state index is 7.19. The molecule has 5 aliphatic rings. The Hall–Kier alpha value is 0.840. The highest BCUT2D eigenvalue weighted by Crippen LogP contribution is 2.84. The summed E-state index contributed by atoms with van der Waals surface area (Å²) in [5, 5.41) is 3.58. The topological polar surface area (TPSA) is 74.0 Å². The van der Waals surface area contributed by atoms with Gasteiger partial charge >= 0.3 is 0 Å². The zero-order chi connectivity index (χ0) is 20.9. The Morgan fingerprint density at radius 2 is 1.70 bits per heavy atom. The van der Waals surface area contributed by atoms with Crippen LogP contribution in [0.3, 0.4) is 0 Å². The molecule has 0 aromatic rings. The third-order valence-corrected chi connectivity index (χ3v) is 18.7. The number of hydrogen-bond acceptors (Lipinski definition) is 8. The monoisotopic (exact) mass is 532 g/mol. The standard InChI is InChI=1S/C16H26Cl3N6O2P3/c17-28(18)21-29(19,24-10-6-16(7-11-24)26-12-13-27-16)23-30(22-28)20-8-3-9-25(30)14-15-4-1-2-5-15/h1-2,4-5,15,20H,3,6-14H2. The van der Waals surface area contributed by atoms with Crippen LogP contribution >= 0.6 is 53.8 Å². The molecule has 0 amide bonds. The zero-order valence-electron chi connectivity index (χ0n) is 16.5. The molecule has 0 aromatic carbocycles. The first kappa shape index (κ1) is 22.6. The highest BCUT2D eigenvalue weighted by molar-refractivity contribution is 8.15. The van der Waals surface area contributed by atoms with Gasteiger partial charge in [-0.1, -0.05) is 24.3 Å². The lowest BCUT2D eigenvalue weighted by Crippen LogP contribution is -2.43. The maximum atomic E-state index is 7.19. The summed E-state index contributed by atoms with van der Waals surface area (Å²) in [4.78, 5) is 0. The van der Waals surface area contributed by atoms with E-state index in [0.29, 0.717) is 32.2 Å². The predicted molar refractivity (Wildman–Crippen MR) is 127 cm³/mol. The lowest BCUT2D eigenvalue weighted by molar-refractivity contribution is -0.179. The fourth-order valence-corrected chi connectivity index (χ4v) is 20.1. The van der Waals surface area contributed by atoms with E-state index in [0.717, 1.165) is 38.9 Å². The van der Waals surface area contributed by atoms with Gasteiger partial charge in [0.1, 0.15) is 0 Å². The molecule has 2 unspecified atom stereocenters. The van der Waals surface area contributed by atoms with E-state index in [1.165, 1.54) is 0 Å². The molecule has 30 heavy (non-hydrogen) atoms. The van der Waals surface area contributed by atoms with Crippen LogP contribution in [0.5, 0.6) is 0 Å². The van der Waals surface area contributed by atoms with Crippen molar-refractivity contribution in [3.8, 4) is 0 Å². The minimum Gasteiger partial charge on any atom is -0.347 e. The van der Waals surface area contributed by atoms with Crippen molar-refractivity contribution in [1.29, 1.82) is 0 Å². The number of allylic oxidation sites excluding steroid dienone is 2. The molecule has 3 fully saturated rings. The highest BCUT2D eigenvalue weighted by Gasteiger charge is 2.47. The molecular weight excluding hydrogens is 507 g/mol. The summed E-state index contributed by atoms with van der Waals surface area (Å²) in [6.45, 7) is 2.40. The molecular formula is C16H26Cl3N6O2P3. The molecule has 2 spiro atoms. The summed E-state index contributed by atoms with van der Waals surface area (Å²) in [7, 11) is -2.52. The Labute approximate surface area is 192 Å². The number of piperidine rings is 1. The fourth-order valence-electron chi connectivity index (χ4n) is 4.44. The van der Waals surface area contributed by atoms with Gasteiger partial charge < -0.3 is 9.47 Å². The average Bonchev–Trinajstić information content (AvgIpc) is 3.35. The third kappa shape index (κ3) is 4.45. The summed E-state index contributed by atoms with van der Waals surface area (Å²) < 4.78 is 30.9. The van der Waals surface area contributed by atoms with Gasteiger partial charge in [0.25, 0.3) is 5.91 Å². The molecule has 2 atom stereocenters. The SMILES string of the molecule is ClP1(Cl)=NP(Cl)(N2CCC3(CC2)OCCO3)=NP2(=N1)NCCCN2CC1C=CC=C1. The van der Waals surface area contributed by atoms with Crippen LogP contribution in [0.25, 0.3) is 0 Å². The second-order valence-corrected chi connectivity index (χ2v) is 19.3. The van der Waals surface area contributed by atoms with Gasteiger partial charge in [-0.15, -0.1) is 0 Å². The third-order valence-electron chi connectivity index (χ3n) is 5.93. The van der Waals surface area contributed by atoms with Gasteiger partial charge in [-0.25, -0.2) is 9.34 Å². The Morgan fingerprint density at radius 3 is 2.40 bits per heavy atom. The molecule has 5 rings (SSSR count). The summed E-state index contributed by atoms with van der Waals surface area (Å²) >= 11 is 20.6. The van der Waals surface area contributed by atoms with Gasteiger partial charge in [0, 0.05) is 51.5 Å². The molecule has 0 radical (unpaired) electrons. The van der Waals surface area contributed by atoms with Crippen LogP contribution in [0, 0.1) is 5.92 Å². The van der Waals surface area contributed by atoms with Gasteiger partial charge in [0.15, 0.2) is 5.79 Å². The first-order valence-electron chi connectivity index (χ1n) is 10.2. The van der Waals surface area contributed by atoms with Crippen molar-refractivity contribution >= 4 is 53.8 Å². The minimum absolute atomic E-state index is 0.332. The van der Waals surface area contributed by atoms with Crippen LogP contribution in [0.4, 0.5) is 0 Å². The number of hydrogen-bond donors (Lipinski definition) is 1. The molecule has 1 aliphatic carbocycles. The van der Waals surface area contributed by atoms with E-state index in [-0.39, 0.29) is 0 Å². The molecule has 168 valence electrons. The van der Waals surface area contributed by atoms with Crippen LogP contribution < -0.4 is 5.09 Å². The first-order valence-corrected chi connectivity index (χ1v) is 17.9. The summed E-state index contributed by atoms with van der Waals surface area (Å²) in [5.41, 5.74) is 0. The Bertz CT molecular complexity index is 907. The van der Waals surface area contributed by atoms with E-state index in [1.807, 2.05) is 0 Å². The van der Waals surface area contributed by atoms with Crippen molar-refractivity contribution in [2.45, 2.75) is 25.0 Å². The smallest absolute Gasteiger partial charge is 0.257 e. The summed E-state index contributed by atoms with van der Waals surface area (Å²) in [6.07, 6.45) is 11.0. The van der Waals surface area contributed by atoms with E-state index in [9.17, 15) is 0 Å². The second-order valence-electron chi connectivity index (χ2n) is 7.96. The van der Waals surface area contributed by atoms with Crippen LogP contribution in [0.2, 0.25) is 0 Å². The molecule has 14 heteroatoms. The van der Waals surface area contributed by atoms with Gasteiger partial charge in [0.2, 0.25) is 14.2 Å². The lowest BCUT2D eigenvalue weighted by Gasteiger charge is -2.44. The van der Waals surface area contributed by atoms with Crippen molar-refractivity contribution in [3.63, 3.8) is 0 Å². The van der Waals surface area contributed by atoms with Crippen molar-refractivity contribution in [1.82, 2.24) is 14.4 Å². The normalized spacial score (nSPS) is 38.6. The van der Waals surface area contributed by atoms with Crippen molar-refractivity contribution in [2.24, 2.45) is 19.5 Å². The summed E-state index contributed by atoms with van der Waals surface area (Å²) in [5.74, 6) is -3.10. The Morgan fingerprint density at radius 1 is 1.00 bits per heavy atom. The zero-order valence-corrected chi connectivity index (χ0v) is 21.4. The lowest BCUT2D eigenvalue weighted by atomic mass is 10.1. The van der Waals surface area contributed by atoms with Gasteiger partial charge in [0.05, 0.1) is 13.2 Å². The average molecular weight is 534 g/mol. The number of nitrogens with one attached hydrogen (secondary N) is 1. The first-order chi connectivity index (χ1) is 14.3. The van der Waals surface area contributed by atoms with Crippen LogP contribution in [-0.4, -0.2) is 61.1 Å². The Kier molecular flexibility index (Phi) is 6.46. The number of nitrogens with zero attached hydrogens (tertiary/aromatic N) is 5. The summed E-state index contributed by atoms with van der Waals surface area (Å²) in [6, 6.07) is 0. The molecule has 0 bridgehead atoms. The quantitative estimate of drug-likeness (QED) is 0.423. The highest BCUT2D eigenvalue weighted by atomic mass is 35.9. The van der Waals surface area contributed by atoms with Crippen molar-refractivity contribution in [3.05, 3.63) is 24.3 Å². The van der Waals surface area contributed by atoms with Crippen molar-refractivity contribution in [2.75, 3.05) is 45.9 Å². The Balaban J connectivity index is 1.47. The molecule has 3 saturated heterocycles. The van der Waals surface area contributed by atoms with E-state index >= 15 is 0 Å². The molecule has 4 aliphatic heterocycles. The second kappa shape index (κ2) is 8.56. The van der Waals surface area contributed by atoms with Crippen LogP contribution in [0.1, 0.15) is 19.3 Å². The molecule has 4 heterocycles. The molecule has 0 saturated carbocycles. The number of ether oxygens (including phenoxy) is 2. The van der Waals surface area contributed by atoms with Crippen LogP contribution in [0.15, 0.2) is 37.9 Å². The molecule has 8 nitrogen and oxygen atoms in total. The molecule has 1 N–H and O–H groups in total. The minimum atomic E-state index is -2.95. The van der Waals surface area contributed by atoms with E-state index in [4.69, 9.17) is 52.2 Å². The predicted octanol–water partition coefficient (Wildman–Crippen LogP) is 6.43. The van der Waals surface area contributed by atoms with Gasteiger partial charge in [-0.3, -0.25) is 5.09 Å². The fraction of sp³-hybridized carbons (Fsp3) is 0.750. The van der Waals surface area contributed by atoms with Gasteiger partial charge in [-0.05, 0) is 40.1 Å². The van der Waals surface area contributed by atoms with E-state index < -0.39 is 25.9 Å². The van der Waals surface area contributed by atoms with Crippen LogP contribution in [-0.2, 0) is 9.47 Å². The number of rotatable bonds is 3. The largest absolute Gasteiger partial charge is 0.347 e. The van der Waals surface area contributed by atoms with Crippen molar-refractivity contribution < 1.29 is 9.47 Å².